The maximum absolute atomic E-state index is 12.0. The molecule has 0 aliphatic rings. The Morgan fingerprint density at radius 1 is 1.56 bits per heavy atom. The van der Waals surface area contributed by atoms with Crippen molar-refractivity contribution in [2.24, 2.45) is 5.92 Å². The molecule has 1 aromatic heterocycles. The Bertz CT molecular complexity index is 365. The van der Waals surface area contributed by atoms with Crippen LogP contribution in [0, 0.1) is 5.92 Å². The summed E-state index contributed by atoms with van der Waals surface area (Å²) in [5.41, 5.74) is 5.95. The molecule has 2 N–H and O–H groups in total. The van der Waals surface area contributed by atoms with Crippen LogP contribution < -0.4 is 5.73 Å². The van der Waals surface area contributed by atoms with Crippen LogP contribution in [0.2, 0.25) is 0 Å². The highest BCUT2D eigenvalue weighted by Crippen LogP contribution is 2.07. The second-order valence-corrected chi connectivity index (χ2v) is 4.15. The molecule has 0 aliphatic heterocycles. The van der Waals surface area contributed by atoms with Crippen molar-refractivity contribution in [3.05, 3.63) is 23.9 Å². The molecule has 0 spiro atoms. The van der Waals surface area contributed by atoms with Crippen LogP contribution in [0.15, 0.2) is 18.2 Å². The fourth-order valence-electron chi connectivity index (χ4n) is 1.45. The molecule has 1 unspecified atom stereocenters. The topological polar surface area (TPSA) is 59.2 Å². The van der Waals surface area contributed by atoms with Crippen molar-refractivity contribution in [3.63, 3.8) is 0 Å². The van der Waals surface area contributed by atoms with Gasteiger partial charge in [-0.1, -0.05) is 26.3 Å². The third-order valence-electron chi connectivity index (χ3n) is 2.62. The van der Waals surface area contributed by atoms with Gasteiger partial charge in [-0.15, -0.1) is 0 Å². The molecule has 1 atom stereocenters. The fourth-order valence-corrected chi connectivity index (χ4v) is 1.45. The normalized spacial score (nSPS) is 12.2. The predicted octanol–water partition coefficient (Wildman–Crippen LogP) is 1.78. The summed E-state index contributed by atoms with van der Waals surface area (Å²) < 4.78 is 0. The minimum atomic E-state index is -0.0763. The van der Waals surface area contributed by atoms with E-state index in [9.17, 15) is 4.79 Å². The van der Waals surface area contributed by atoms with Crippen LogP contribution in [0.5, 0.6) is 0 Å². The highest BCUT2D eigenvalue weighted by molar-refractivity contribution is 5.92. The number of carbonyl (C=O) groups is 1. The number of rotatable bonds is 4. The van der Waals surface area contributed by atoms with E-state index in [0.717, 1.165) is 13.0 Å². The van der Waals surface area contributed by atoms with Crippen LogP contribution in [-0.4, -0.2) is 29.4 Å². The van der Waals surface area contributed by atoms with Crippen molar-refractivity contribution < 1.29 is 4.79 Å². The first-order valence-corrected chi connectivity index (χ1v) is 5.52. The summed E-state index contributed by atoms with van der Waals surface area (Å²) in [6, 6.07) is 5.10. The standard InChI is InChI=1S/C12H19N3O/c1-4-9(2)8-15(3)12(16)10-6-5-7-11(13)14-10/h5-7,9H,4,8H2,1-3H3,(H2,13,14). The molecule has 1 heterocycles. The molecule has 0 saturated heterocycles. The van der Waals surface area contributed by atoms with Gasteiger partial charge in [0.1, 0.15) is 11.5 Å². The maximum atomic E-state index is 12.0. The Balaban J connectivity index is 2.70. The van der Waals surface area contributed by atoms with Gasteiger partial charge < -0.3 is 10.6 Å². The summed E-state index contributed by atoms with van der Waals surface area (Å²) in [6.45, 7) is 4.98. The summed E-state index contributed by atoms with van der Waals surface area (Å²) in [6.07, 6.45) is 1.06. The average molecular weight is 221 g/mol. The number of nitrogens with zero attached hydrogens (tertiary/aromatic N) is 2. The zero-order chi connectivity index (χ0) is 12.1. The minimum Gasteiger partial charge on any atom is -0.384 e. The molecule has 0 radical (unpaired) electrons. The van der Waals surface area contributed by atoms with Gasteiger partial charge in [0.15, 0.2) is 0 Å². The molecule has 4 nitrogen and oxygen atoms in total. The maximum Gasteiger partial charge on any atom is 0.272 e. The Kier molecular flexibility index (Phi) is 4.28. The van der Waals surface area contributed by atoms with E-state index in [0.29, 0.717) is 17.4 Å². The SMILES string of the molecule is CCC(C)CN(C)C(=O)c1cccc(N)n1. The molecular weight excluding hydrogens is 202 g/mol. The van der Waals surface area contributed by atoms with E-state index in [-0.39, 0.29) is 5.91 Å². The van der Waals surface area contributed by atoms with Gasteiger partial charge in [0.2, 0.25) is 0 Å². The van der Waals surface area contributed by atoms with Crippen LogP contribution in [-0.2, 0) is 0 Å². The second-order valence-electron chi connectivity index (χ2n) is 4.15. The fraction of sp³-hybridized carbons (Fsp3) is 0.500. The van der Waals surface area contributed by atoms with Gasteiger partial charge in [-0.25, -0.2) is 4.98 Å². The summed E-state index contributed by atoms with van der Waals surface area (Å²) in [4.78, 5) is 17.7. The van der Waals surface area contributed by atoms with Crippen molar-refractivity contribution in [2.45, 2.75) is 20.3 Å². The van der Waals surface area contributed by atoms with Crippen LogP contribution >= 0.6 is 0 Å². The van der Waals surface area contributed by atoms with Crippen molar-refractivity contribution in [1.82, 2.24) is 9.88 Å². The van der Waals surface area contributed by atoms with Crippen molar-refractivity contribution >= 4 is 11.7 Å². The zero-order valence-electron chi connectivity index (χ0n) is 10.1. The van der Waals surface area contributed by atoms with E-state index in [1.54, 1.807) is 30.1 Å². The molecule has 88 valence electrons. The molecule has 0 saturated carbocycles. The lowest BCUT2D eigenvalue weighted by Crippen LogP contribution is -2.31. The van der Waals surface area contributed by atoms with Gasteiger partial charge in [-0.2, -0.15) is 0 Å². The van der Waals surface area contributed by atoms with Gasteiger partial charge in [-0.05, 0) is 18.1 Å². The number of nitrogens with two attached hydrogens (primary N) is 1. The van der Waals surface area contributed by atoms with E-state index < -0.39 is 0 Å². The van der Waals surface area contributed by atoms with Crippen molar-refractivity contribution in [2.75, 3.05) is 19.3 Å². The average Bonchev–Trinajstić information content (AvgIpc) is 2.27. The minimum absolute atomic E-state index is 0.0763. The lowest BCUT2D eigenvalue weighted by molar-refractivity contribution is 0.0769. The molecule has 16 heavy (non-hydrogen) atoms. The van der Waals surface area contributed by atoms with Gasteiger partial charge >= 0.3 is 0 Å². The van der Waals surface area contributed by atoms with E-state index in [2.05, 4.69) is 18.8 Å². The summed E-state index contributed by atoms with van der Waals surface area (Å²) in [5.74, 6) is 0.797. The molecule has 0 aliphatic carbocycles. The molecule has 0 fully saturated rings. The first-order valence-electron chi connectivity index (χ1n) is 5.52. The van der Waals surface area contributed by atoms with E-state index >= 15 is 0 Å². The smallest absolute Gasteiger partial charge is 0.272 e. The molecule has 0 bridgehead atoms. The first-order chi connectivity index (χ1) is 7.54. The van der Waals surface area contributed by atoms with Crippen molar-refractivity contribution in [1.29, 1.82) is 0 Å². The quantitative estimate of drug-likeness (QED) is 0.843. The monoisotopic (exact) mass is 221 g/mol. The number of nitrogen functional groups attached to an aromatic ring is 1. The molecule has 1 rings (SSSR count). The summed E-state index contributed by atoms with van der Waals surface area (Å²) in [5, 5.41) is 0. The number of amides is 1. The van der Waals surface area contributed by atoms with Crippen LogP contribution in [0.3, 0.4) is 0 Å². The Labute approximate surface area is 96.5 Å². The number of aromatic nitrogens is 1. The van der Waals surface area contributed by atoms with Crippen LogP contribution in [0.1, 0.15) is 30.8 Å². The summed E-state index contributed by atoms with van der Waals surface area (Å²) >= 11 is 0. The van der Waals surface area contributed by atoms with Crippen LogP contribution in [0.4, 0.5) is 5.82 Å². The lowest BCUT2D eigenvalue weighted by Gasteiger charge is -2.20. The third kappa shape index (κ3) is 3.22. The third-order valence-corrected chi connectivity index (χ3v) is 2.62. The highest BCUT2D eigenvalue weighted by atomic mass is 16.2. The van der Waals surface area contributed by atoms with Gasteiger partial charge in [0.25, 0.3) is 5.91 Å². The Morgan fingerprint density at radius 3 is 2.81 bits per heavy atom. The van der Waals surface area contributed by atoms with E-state index in [1.807, 2.05) is 0 Å². The number of anilines is 1. The van der Waals surface area contributed by atoms with Gasteiger partial charge in [0, 0.05) is 13.6 Å². The highest BCUT2D eigenvalue weighted by Gasteiger charge is 2.14. The number of hydrogen-bond donors (Lipinski definition) is 1. The molecule has 0 aromatic carbocycles. The van der Waals surface area contributed by atoms with Gasteiger partial charge in [-0.3, -0.25) is 4.79 Å². The Morgan fingerprint density at radius 2 is 2.25 bits per heavy atom. The largest absolute Gasteiger partial charge is 0.384 e. The first kappa shape index (κ1) is 12.5. The summed E-state index contributed by atoms with van der Waals surface area (Å²) in [7, 11) is 1.79. The lowest BCUT2D eigenvalue weighted by atomic mass is 10.1. The number of carbonyl (C=O) groups excluding carboxylic acids is 1. The molecule has 4 heteroatoms. The molecule has 1 aromatic rings. The Hall–Kier alpha value is -1.58. The van der Waals surface area contributed by atoms with Crippen molar-refractivity contribution in [3.8, 4) is 0 Å². The second kappa shape index (κ2) is 5.49. The number of pyridine rings is 1. The molecular formula is C12H19N3O. The van der Waals surface area contributed by atoms with E-state index in [1.165, 1.54) is 0 Å². The van der Waals surface area contributed by atoms with Crippen LogP contribution in [0.25, 0.3) is 0 Å². The van der Waals surface area contributed by atoms with Gasteiger partial charge in [0.05, 0.1) is 0 Å². The number of hydrogen-bond acceptors (Lipinski definition) is 3. The van der Waals surface area contributed by atoms with E-state index in [4.69, 9.17) is 5.73 Å². The molecule has 1 amide bonds. The predicted molar refractivity (Wildman–Crippen MR) is 65.1 cm³/mol. The zero-order valence-corrected chi connectivity index (χ0v) is 10.1.